The zero-order valence-corrected chi connectivity index (χ0v) is 16.3. The molecule has 26 heavy (non-hydrogen) atoms. The predicted molar refractivity (Wildman–Crippen MR) is 114 cm³/mol. The van der Waals surface area contributed by atoms with Crippen LogP contribution in [0.15, 0.2) is 60.0 Å². The highest BCUT2D eigenvalue weighted by Gasteiger charge is 2.34. The Morgan fingerprint density at radius 2 is 1.92 bits per heavy atom. The lowest BCUT2D eigenvalue weighted by Crippen LogP contribution is -2.28. The molecule has 3 nitrogen and oxygen atoms in total. The molecule has 3 rings (SSSR count). The molecule has 1 saturated heterocycles. The summed E-state index contributed by atoms with van der Waals surface area (Å²) >= 11 is 6.79. The van der Waals surface area contributed by atoms with Crippen LogP contribution in [-0.4, -0.2) is 16.8 Å². The van der Waals surface area contributed by atoms with E-state index in [0.717, 1.165) is 28.1 Å². The van der Waals surface area contributed by atoms with E-state index in [1.807, 2.05) is 62.4 Å². The summed E-state index contributed by atoms with van der Waals surface area (Å²) in [7, 11) is 0. The molecule has 0 N–H and O–H groups in total. The first-order chi connectivity index (χ1) is 12.5. The Morgan fingerprint density at radius 3 is 2.62 bits per heavy atom. The molecule has 0 aromatic heterocycles. The molecule has 132 valence electrons. The molecule has 0 radical (unpaired) electrons. The maximum atomic E-state index is 12.9. The average molecular weight is 382 g/mol. The van der Waals surface area contributed by atoms with Crippen LogP contribution in [0.4, 0.5) is 5.69 Å². The first-order valence-corrected chi connectivity index (χ1v) is 9.41. The van der Waals surface area contributed by atoms with Gasteiger partial charge in [0.2, 0.25) is 0 Å². The SMILES string of the molecule is C=CCOc1ccc(C=C2SC(=S)N(c3cc(C)ccc3C)C2=O)cc1. The van der Waals surface area contributed by atoms with Crippen molar-refractivity contribution >= 4 is 46.0 Å². The molecular formula is C21H19NO2S2. The van der Waals surface area contributed by atoms with E-state index in [1.165, 1.54) is 11.8 Å². The third-order valence-electron chi connectivity index (χ3n) is 3.94. The first kappa shape index (κ1) is 18.4. The number of carbonyl (C=O) groups excluding carboxylic acids is 1. The van der Waals surface area contributed by atoms with Gasteiger partial charge in [-0.2, -0.15) is 0 Å². The van der Waals surface area contributed by atoms with Crippen LogP contribution < -0.4 is 9.64 Å². The number of nitrogens with zero attached hydrogens (tertiary/aromatic N) is 1. The number of benzene rings is 2. The number of anilines is 1. The summed E-state index contributed by atoms with van der Waals surface area (Å²) in [5, 5.41) is 0. The highest BCUT2D eigenvalue weighted by molar-refractivity contribution is 8.27. The van der Waals surface area contributed by atoms with Crippen LogP contribution in [0.5, 0.6) is 5.75 Å². The fourth-order valence-electron chi connectivity index (χ4n) is 2.60. The second-order valence-electron chi connectivity index (χ2n) is 5.98. The molecule has 0 spiro atoms. The van der Waals surface area contributed by atoms with Crippen LogP contribution in [0, 0.1) is 13.8 Å². The summed E-state index contributed by atoms with van der Waals surface area (Å²) in [5.74, 6) is 0.686. The smallest absolute Gasteiger partial charge is 0.270 e. The number of amides is 1. The van der Waals surface area contributed by atoms with Gasteiger partial charge < -0.3 is 4.74 Å². The number of rotatable bonds is 5. The molecular weight excluding hydrogens is 362 g/mol. The van der Waals surface area contributed by atoms with E-state index in [9.17, 15) is 4.79 Å². The minimum absolute atomic E-state index is 0.0827. The van der Waals surface area contributed by atoms with Gasteiger partial charge in [0.15, 0.2) is 4.32 Å². The Kier molecular flexibility index (Phi) is 5.59. The Morgan fingerprint density at radius 1 is 1.19 bits per heavy atom. The van der Waals surface area contributed by atoms with Gasteiger partial charge in [-0.05, 0) is 54.8 Å². The van der Waals surface area contributed by atoms with Gasteiger partial charge in [0.25, 0.3) is 5.91 Å². The molecule has 1 aliphatic heterocycles. The van der Waals surface area contributed by atoms with Crippen LogP contribution >= 0.6 is 24.0 Å². The Bertz CT molecular complexity index is 901. The van der Waals surface area contributed by atoms with Crippen LogP contribution in [-0.2, 0) is 4.79 Å². The Hall–Kier alpha value is -2.37. The van der Waals surface area contributed by atoms with Gasteiger partial charge in [0.05, 0.1) is 10.6 Å². The van der Waals surface area contributed by atoms with Gasteiger partial charge in [-0.3, -0.25) is 9.69 Å². The van der Waals surface area contributed by atoms with E-state index >= 15 is 0 Å². The normalized spacial score (nSPS) is 15.6. The van der Waals surface area contributed by atoms with E-state index < -0.39 is 0 Å². The van der Waals surface area contributed by atoms with Crippen LogP contribution in [0.3, 0.4) is 0 Å². The monoisotopic (exact) mass is 381 g/mol. The topological polar surface area (TPSA) is 29.5 Å². The quantitative estimate of drug-likeness (QED) is 0.401. The number of thiocarbonyl (C=S) groups is 1. The zero-order valence-electron chi connectivity index (χ0n) is 14.7. The van der Waals surface area contributed by atoms with Crippen molar-refractivity contribution in [1.82, 2.24) is 0 Å². The number of hydrogen-bond donors (Lipinski definition) is 0. The molecule has 2 aromatic rings. The van der Waals surface area contributed by atoms with Gasteiger partial charge in [-0.1, -0.05) is 60.9 Å². The van der Waals surface area contributed by atoms with Gasteiger partial charge >= 0.3 is 0 Å². The lowest BCUT2D eigenvalue weighted by molar-refractivity contribution is -0.113. The van der Waals surface area contributed by atoms with Crippen molar-refractivity contribution in [2.24, 2.45) is 0 Å². The molecule has 0 bridgehead atoms. The minimum Gasteiger partial charge on any atom is -0.490 e. The van der Waals surface area contributed by atoms with Crippen LogP contribution in [0.1, 0.15) is 16.7 Å². The largest absolute Gasteiger partial charge is 0.490 e. The molecule has 1 amide bonds. The standard InChI is InChI=1S/C21H19NO2S2/c1-4-11-24-17-9-7-16(8-10-17)13-19-20(23)22(21(25)26-19)18-12-14(2)5-6-15(18)3/h4-10,12-13H,1,11H2,2-3H3. The summed E-state index contributed by atoms with van der Waals surface area (Å²) in [6.45, 7) is 8.09. The van der Waals surface area contributed by atoms with Crippen LogP contribution in [0.2, 0.25) is 0 Å². The van der Waals surface area contributed by atoms with E-state index in [0.29, 0.717) is 15.8 Å². The summed E-state index contributed by atoms with van der Waals surface area (Å²) in [4.78, 5) is 15.1. The summed E-state index contributed by atoms with van der Waals surface area (Å²) < 4.78 is 6.03. The third kappa shape index (κ3) is 3.89. The lowest BCUT2D eigenvalue weighted by Gasteiger charge is -2.17. The minimum atomic E-state index is -0.0827. The third-order valence-corrected chi connectivity index (χ3v) is 5.25. The molecule has 1 heterocycles. The van der Waals surface area contributed by atoms with Crippen molar-refractivity contribution in [3.8, 4) is 5.75 Å². The van der Waals surface area contributed by atoms with Gasteiger partial charge in [0.1, 0.15) is 12.4 Å². The van der Waals surface area contributed by atoms with E-state index in [-0.39, 0.29) is 5.91 Å². The molecule has 0 atom stereocenters. The fraction of sp³-hybridized carbons (Fsp3) is 0.143. The highest BCUT2D eigenvalue weighted by Crippen LogP contribution is 2.37. The number of hydrogen-bond acceptors (Lipinski definition) is 4. The number of thioether (sulfide) groups is 1. The fourth-order valence-corrected chi connectivity index (χ4v) is 3.89. The van der Waals surface area contributed by atoms with Gasteiger partial charge in [-0.15, -0.1) is 0 Å². The molecule has 0 unspecified atom stereocenters. The number of carbonyl (C=O) groups is 1. The second-order valence-corrected chi connectivity index (χ2v) is 7.65. The Labute approximate surface area is 163 Å². The number of aryl methyl sites for hydroxylation is 2. The van der Waals surface area contributed by atoms with Crippen LogP contribution in [0.25, 0.3) is 6.08 Å². The summed E-state index contributed by atoms with van der Waals surface area (Å²) in [6.07, 6.45) is 3.56. The highest BCUT2D eigenvalue weighted by atomic mass is 32.2. The average Bonchev–Trinajstić information content (AvgIpc) is 2.90. The zero-order chi connectivity index (χ0) is 18.7. The van der Waals surface area contributed by atoms with E-state index in [2.05, 4.69) is 6.58 Å². The van der Waals surface area contributed by atoms with Gasteiger partial charge in [0, 0.05) is 0 Å². The molecule has 2 aromatic carbocycles. The molecule has 1 aliphatic rings. The van der Waals surface area contributed by atoms with Crippen molar-refractivity contribution in [2.75, 3.05) is 11.5 Å². The second kappa shape index (κ2) is 7.89. The predicted octanol–water partition coefficient (Wildman–Crippen LogP) is 5.27. The van der Waals surface area contributed by atoms with Crippen molar-refractivity contribution in [3.63, 3.8) is 0 Å². The van der Waals surface area contributed by atoms with Crippen molar-refractivity contribution in [1.29, 1.82) is 0 Å². The summed E-state index contributed by atoms with van der Waals surface area (Å²) in [5.41, 5.74) is 3.90. The Balaban J connectivity index is 1.85. The number of ether oxygens (including phenoxy) is 1. The first-order valence-electron chi connectivity index (χ1n) is 8.18. The van der Waals surface area contributed by atoms with Crippen molar-refractivity contribution < 1.29 is 9.53 Å². The van der Waals surface area contributed by atoms with E-state index in [4.69, 9.17) is 17.0 Å². The lowest BCUT2D eigenvalue weighted by atomic mass is 10.1. The molecule has 5 heteroatoms. The molecule has 1 fully saturated rings. The molecule has 0 aliphatic carbocycles. The van der Waals surface area contributed by atoms with Gasteiger partial charge in [-0.25, -0.2) is 0 Å². The van der Waals surface area contributed by atoms with E-state index in [1.54, 1.807) is 11.0 Å². The summed E-state index contributed by atoms with van der Waals surface area (Å²) in [6, 6.07) is 13.6. The van der Waals surface area contributed by atoms with Crippen molar-refractivity contribution in [3.05, 3.63) is 76.7 Å². The maximum absolute atomic E-state index is 12.9. The maximum Gasteiger partial charge on any atom is 0.270 e. The van der Waals surface area contributed by atoms with Crippen molar-refractivity contribution in [2.45, 2.75) is 13.8 Å². The molecule has 0 saturated carbocycles.